The van der Waals surface area contributed by atoms with E-state index in [0.717, 1.165) is 6.07 Å². The zero-order valence-corrected chi connectivity index (χ0v) is 8.85. The Labute approximate surface area is 79.2 Å². The highest BCUT2D eigenvalue weighted by molar-refractivity contribution is 9.10. The predicted octanol–water partition coefficient (Wildman–Crippen LogP) is 2.31. The summed E-state index contributed by atoms with van der Waals surface area (Å²) in [6.45, 7) is 4.00. The molecule has 0 aliphatic heterocycles. The normalized spacial score (nSPS) is 8.75. The molecular weight excluding hydrogens is 225 g/mol. The molecule has 0 amide bonds. The average molecular weight is 236 g/mol. The highest BCUT2D eigenvalue weighted by Crippen LogP contribution is 2.06. The second kappa shape index (κ2) is 5.09. The molecule has 0 N–H and O–H groups in total. The average Bonchev–Trinajstić information content (AvgIpc) is 2.04. The van der Waals surface area contributed by atoms with Gasteiger partial charge in [-0.3, -0.25) is 4.79 Å². The Kier molecular flexibility index (Phi) is 4.81. The van der Waals surface area contributed by atoms with Crippen molar-refractivity contribution >= 4 is 15.9 Å². The van der Waals surface area contributed by atoms with Crippen LogP contribution in [0.2, 0.25) is 0 Å². The largest absolute Gasteiger partial charge is 0.315 e. The zero-order valence-electron chi connectivity index (χ0n) is 7.27. The van der Waals surface area contributed by atoms with Gasteiger partial charge in [-0.05, 0) is 22.0 Å². The van der Waals surface area contributed by atoms with Gasteiger partial charge in [-0.25, -0.2) is 4.39 Å². The molecule has 0 aliphatic carbocycles. The van der Waals surface area contributed by atoms with Gasteiger partial charge in [0.05, 0.1) is 0 Å². The van der Waals surface area contributed by atoms with Crippen molar-refractivity contribution in [3.8, 4) is 0 Å². The number of aromatic nitrogens is 1. The molecule has 0 fully saturated rings. The first kappa shape index (κ1) is 11.4. The van der Waals surface area contributed by atoms with E-state index in [4.69, 9.17) is 0 Å². The third-order valence-corrected chi connectivity index (χ3v) is 1.54. The second-order valence-electron chi connectivity index (χ2n) is 1.92. The quantitative estimate of drug-likeness (QED) is 0.677. The van der Waals surface area contributed by atoms with Gasteiger partial charge < -0.3 is 4.57 Å². The van der Waals surface area contributed by atoms with Crippen LogP contribution in [-0.4, -0.2) is 4.57 Å². The summed E-state index contributed by atoms with van der Waals surface area (Å²) in [6.07, 6.45) is 1.51. The summed E-state index contributed by atoms with van der Waals surface area (Å²) >= 11 is 3.05. The van der Waals surface area contributed by atoms with Crippen LogP contribution in [0, 0.1) is 5.82 Å². The van der Waals surface area contributed by atoms with Crippen molar-refractivity contribution in [3.05, 3.63) is 32.9 Å². The Bertz CT molecular complexity index is 282. The van der Waals surface area contributed by atoms with Crippen LogP contribution in [0.1, 0.15) is 13.8 Å². The summed E-state index contributed by atoms with van der Waals surface area (Å²) in [4.78, 5) is 10.7. The number of hydrogen-bond acceptors (Lipinski definition) is 1. The van der Waals surface area contributed by atoms with E-state index in [-0.39, 0.29) is 0 Å². The highest BCUT2D eigenvalue weighted by atomic mass is 79.9. The number of rotatable bonds is 0. The molecule has 0 aromatic carbocycles. The van der Waals surface area contributed by atoms with Crippen LogP contribution in [0.3, 0.4) is 0 Å². The lowest BCUT2D eigenvalue weighted by Gasteiger charge is -1.96. The first-order valence-corrected chi connectivity index (χ1v) is 4.42. The van der Waals surface area contributed by atoms with E-state index in [9.17, 15) is 9.18 Å². The molecule has 0 saturated heterocycles. The maximum absolute atomic E-state index is 12.5. The molecule has 0 aliphatic rings. The fraction of sp³-hybridized carbons (Fsp3) is 0.375. The van der Waals surface area contributed by atoms with Crippen molar-refractivity contribution in [1.82, 2.24) is 4.57 Å². The number of halogens is 2. The molecule has 2 nitrogen and oxygen atoms in total. The first-order chi connectivity index (χ1) is 5.61. The topological polar surface area (TPSA) is 22.0 Å². The number of pyridine rings is 1. The third-order valence-electron chi connectivity index (χ3n) is 1.11. The fourth-order valence-electron chi connectivity index (χ4n) is 0.632. The van der Waals surface area contributed by atoms with E-state index in [0.29, 0.717) is 4.47 Å². The summed E-state index contributed by atoms with van der Waals surface area (Å²) < 4.78 is 14.2. The van der Waals surface area contributed by atoms with Gasteiger partial charge in [0, 0.05) is 17.7 Å². The van der Waals surface area contributed by atoms with Crippen LogP contribution in [-0.2, 0) is 7.05 Å². The van der Waals surface area contributed by atoms with Crippen LogP contribution in [0.25, 0.3) is 0 Å². The Morgan fingerprint density at radius 2 is 2.00 bits per heavy atom. The van der Waals surface area contributed by atoms with Gasteiger partial charge in [-0.2, -0.15) is 0 Å². The summed E-state index contributed by atoms with van der Waals surface area (Å²) in [7, 11) is 1.50. The molecule has 1 aromatic heterocycles. The van der Waals surface area contributed by atoms with Crippen LogP contribution >= 0.6 is 15.9 Å². The molecule has 1 heterocycles. The first-order valence-electron chi connectivity index (χ1n) is 3.63. The second-order valence-corrected chi connectivity index (χ2v) is 2.84. The smallest absolute Gasteiger partial charge is 0.286 e. The Morgan fingerprint density at radius 3 is 2.42 bits per heavy atom. The minimum atomic E-state index is -0.739. The van der Waals surface area contributed by atoms with Crippen LogP contribution in [0.4, 0.5) is 4.39 Å². The van der Waals surface area contributed by atoms with E-state index in [1.165, 1.54) is 17.8 Å². The molecule has 68 valence electrons. The van der Waals surface area contributed by atoms with Gasteiger partial charge >= 0.3 is 0 Å². The van der Waals surface area contributed by atoms with Crippen LogP contribution in [0.15, 0.2) is 21.5 Å². The van der Waals surface area contributed by atoms with Crippen molar-refractivity contribution < 1.29 is 4.39 Å². The molecule has 0 unspecified atom stereocenters. The van der Waals surface area contributed by atoms with Gasteiger partial charge in [-0.15, -0.1) is 0 Å². The standard InChI is InChI=1S/C6H5BrFNO.C2H6/c1-9-3-4(7)2-5(8)6(9)10;1-2/h2-3H,1H3;1-2H3. The fourth-order valence-corrected chi connectivity index (χ4v) is 1.14. The molecule has 1 aromatic rings. The lowest BCUT2D eigenvalue weighted by molar-refractivity contribution is 0.589. The molecule has 12 heavy (non-hydrogen) atoms. The van der Waals surface area contributed by atoms with Crippen molar-refractivity contribution in [2.45, 2.75) is 13.8 Å². The lowest BCUT2D eigenvalue weighted by atomic mass is 10.5. The van der Waals surface area contributed by atoms with E-state index in [1.54, 1.807) is 0 Å². The van der Waals surface area contributed by atoms with Gasteiger partial charge in [0.25, 0.3) is 5.56 Å². The lowest BCUT2D eigenvalue weighted by Crippen LogP contribution is -2.18. The summed E-state index contributed by atoms with van der Waals surface area (Å²) in [5, 5.41) is 0. The Morgan fingerprint density at radius 1 is 1.50 bits per heavy atom. The minimum Gasteiger partial charge on any atom is -0.315 e. The molecule has 1 rings (SSSR count). The highest BCUT2D eigenvalue weighted by Gasteiger charge is 1.99. The molecule has 0 saturated carbocycles. The molecule has 0 bridgehead atoms. The maximum Gasteiger partial charge on any atom is 0.286 e. The van der Waals surface area contributed by atoms with Gasteiger partial charge in [0.1, 0.15) is 0 Å². The predicted molar refractivity (Wildman–Crippen MR) is 50.7 cm³/mol. The van der Waals surface area contributed by atoms with Gasteiger partial charge in [0.15, 0.2) is 5.82 Å². The van der Waals surface area contributed by atoms with Crippen molar-refractivity contribution in [2.75, 3.05) is 0 Å². The van der Waals surface area contributed by atoms with E-state index in [2.05, 4.69) is 15.9 Å². The summed E-state index contributed by atoms with van der Waals surface area (Å²) in [5.41, 5.74) is -0.608. The molecule has 4 heteroatoms. The minimum absolute atomic E-state index is 0.562. The number of aryl methyl sites for hydroxylation is 1. The van der Waals surface area contributed by atoms with Crippen molar-refractivity contribution in [2.24, 2.45) is 7.05 Å². The summed E-state index contributed by atoms with van der Waals surface area (Å²) in [5.74, 6) is -0.739. The van der Waals surface area contributed by atoms with Gasteiger partial charge in [0.2, 0.25) is 0 Å². The van der Waals surface area contributed by atoms with Crippen LogP contribution < -0.4 is 5.56 Å². The number of nitrogens with zero attached hydrogens (tertiary/aromatic N) is 1. The summed E-state index contributed by atoms with van der Waals surface area (Å²) in [6, 6.07) is 1.14. The molecular formula is C8H11BrFNO. The third kappa shape index (κ3) is 2.77. The van der Waals surface area contributed by atoms with Crippen molar-refractivity contribution in [3.63, 3.8) is 0 Å². The molecule has 0 radical (unpaired) electrons. The SMILES string of the molecule is CC.Cn1cc(Br)cc(F)c1=O. The molecule has 0 atom stereocenters. The molecule has 0 spiro atoms. The monoisotopic (exact) mass is 235 g/mol. The van der Waals surface area contributed by atoms with E-state index < -0.39 is 11.4 Å². The Hall–Kier alpha value is -0.640. The number of hydrogen-bond donors (Lipinski definition) is 0. The maximum atomic E-state index is 12.5. The van der Waals surface area contributed by atoms with Crippen LogP contribution in [0.5, 0.6) is 0 Å². The Balaban J connectivity index is 0.000000561. The van der Waals surface area contributed by atoms with E-state index >= 15 is 0 Å². The van der Waals surface area contributed by atoms with Gasteiger partial charge in [-0.1, -0.05) is 13.8 Å². The van der Waals surface area contributed by atoms with Crippen molar-refractivity contribution in [1.29, 1.82) is 0 Å². The van der Waals surface area contributed by atoms with E-state index in [1.807, 2.05) is 13.8 Å². The zero-order chi connectivity index (χ0) is 9.72.